The van der Waals surface area contributed by atoms with Crippen LogP contribution >= 0.6 is 27.7 Å². The molecule has 0 unspecified atom stereocenters. The molecular weight excluding hydrogens is 508 g/mol. The van der Waals surface area contributed by atoms with Crippen LogP contribution in [0.25, 0.3) is 6.08 Å². The third kappa shape index (κ3) is 4.73. The Hall–Kier alpha value is -2.49. The van der Waals surface area contributed by atoms with Gasteiger partial charge in [-0.1, -0.05) is 45.9 Å². The summed E-state index contributed by atoms with van der Waals surface area (Å²) >= 11 is 4.49. The molecule has 0 aromatic heterocycles. The van der Waals surface area contributed by atoms with Gasteiger partial charge in [0.1, 0.15) is 11.6 Å². The number of benzene rings is 3. The van der Waals surface area contributed by atoms with Crippen molar-refractivity contribution in [2.75, 3.05) is 5.32 Å². The monoisotopic (exact) mass is 521 g/mol. The Balaban J connectivity index is 1.65. The highest BCUT2D eigenvalue weighted by molar-refractivity contribution is 9.10. The standard InChI is InChI=1S/C22H14BrF2NO3S2/c23-14-6-4-13(5-7-14)10-21-22(27)26-19-9-8-15(11-20(19)30-21)31(28,29)12-16-17(24)2-1-3-18(16)25/h1-11H,12H2,(H,26,27)/b21-10+. The molecule has 1 N–H and O–H groups in total. The van der Waals surface area contributed by atoms with E-state index in [1.54, 1.807) is 6.08 Å². The van der Waals surface area contributed by atoms with Gasteiger partial charge in [-0.25, -0.2) is 17.2 Å². The summed E-state index contributed by atoms with van der Waals surface area (Å²) in [5, 5.41) is 2.74. The molecule has 1 aliphatic rings. The molecule has 3 aromatic carbocycles. The molecule has 31 heavy (non-hydrogen) atoms. The predicted octanol–water partition coefficient (Wildman–Crippen LogP) is 5.79. The van der Waals surface area contributed by atoms with Gasteiger partial charge in [-0.2, -0.15) is 0 Å². The van der Waals surface area contributed by atoms with Gasteiger partial charge in [0.15, 0.2) is 9.84 Å². The molecule has 158 valence electrons. The van der Waals surface area contributed by atoms with Crippen molar-refractivity contribution >= 4 is 55.2 Å². The van der Waals surface area contributed by atoms with Crippen molar-refractivity contribution in [2.45, 2.75) is 15.5 Å². The number of hydrogen-bond acceptors (Lipinski definition) is 4. The van der Waals surface area contributed by atoms with Crippen LogP contribution in [0.3, 0.4) is 0 Å². The Kier molecular flexibility index (Phi) is 6.00. The Morgan fingerprint density at radius 1 is 1.00 bits per heavy atom. The Labute approximate surface area is 190 Å². The first-order valence-electron chi connectivity index (χ1n) is 8.99. The zero-order chi connectivity index (χ0) is 22.2. The van der Waals surface area contributed by atoms with Gasteiger partial charge in [0.2, 0.25) is 0 Å². The zero-order valence-electron chi connectivity index (χ0n) is 15.7. The van der Waals surface area contributed by atoms with Gasteiger partial charge < -0.3 is 5.32 Å². The van der Waals surface area contributed by atoms with Crippen molar-refractivity contribution < 1.29 is 22.0 Å². The zero-order valence-corrected chi connectivity index (χ0v) is 19.0. The molecule has 0 saturated carbocycles. The molecule has 9 heteroatoms. The normalized spacial score (nSPS) is 14.9. The van der Waals surface area contributed by atoms with E-state index in [0.717, 1.165) is 33.9 Å². The lowest BCUT2D eigenvalue weighted by atomic mass is 10.2. The van der Waals surface area contributed by atoms with E-state index in [1.807, 2.05) is 24.3 Å². The second-order valence-corrected chi connectivity index (χ2v) is 10.7. The number of rotatable bonds is 4. The fourth-order valence-corrected chi connectivity index (χ4v) is 5.71. The minimum Gasteiger partial charge on any atom is -0.320 e. The highest BCUT2D eigenvalue weighted by Crippen LogP contribution is 2.40. The van der Waals surface area contributed by atoms with Gasteiger partial charge in [-0.05, 0) is 54.1 Å². The molecule has 0 radical (unpaired) electrons. The molecule has 0 aliphatic carbocycles. The first-order chi connectivity index (χ1) is 14.7. The van der Waals surface area contributed by atoms with Crippen molar-refractivity contribution in [3.63, 3.8) is 0 Å². The van der Waals surface area contributed by atoms with Crippen molar-refractivity contribution in [3.05, 3.63) is 92.8 Å². The molecule has 1 amide bonds. The topological polar surface area (TPSA) is 63.2 Å². The van der Waals surface area contributed by atoms with E-state index in [4.69, 9.17) is 0 Å². The Bertz CT molecular complexity index is 1300. The second kappa shape index (κ2) is 8.57. The highest BCUT2D eigenvalue weighted by Gasteiger charge is 2.25. The number of thioether (sulfide) groups is 1. The molecule has 1 heterocycles. The average Bonchev–Trinajstić information content (AvgIpc) is 2.73. The number of anilines is 1. The lowest BCUT2D eigenvalue weighted by Crippen LogP contribution is -2.18. The molecule has 0 saturated heterocycles. The van der Waals surface area contributed by atoms with Crippen LogP contribution in [-0.4, -0.2) is 14.3 Å². The van der Waals surface area contributed by atoms with Crippen LogP contribution in [0.15, 0.2) is 79.8 Å². The molecule has 1 aliphatic heterocycles. The van der Waals surface area contributed by atoms with E-state index >= 15 is 0 Å². The summed E-state index contributed by atoms with van der Waals surface area (Å²) in [4.78, 5) is 13.3. The number of hydrogen-bond donors (Lipinski definition) is 1. The van der Waals surface area contributed by atoms with E-state index in [2.05, 4.69) is 21.2 Å². The third-order valence-electron chi connectivity index (χ3n) is 4.57. The molecule has 4 nitrogen and oxygen atoms in total. The molecule has 0 spiro atoms. The van der Waals surface area contributed by atoms with Crippen LogP contribution in [0.5, 0.6) is 0 Å². The lowest BCUT2D eigenvalue weighted by Gasteiger charge is -2.19. The van der Waals surface area contributed by atoms with Crippen LogP contribution in [-0.2, 0) is 20.4 Å². The molecule has 0 fully saturated rings. The quantitative estimate of drug-likeness (QED) is 0.441. The van der Waals surface area contributed by atoms with Crippen LogP contribution < -0.4 is 5.32 Å². The molecular formula is C22H14BrF2NO3S2. The molecule has 0 atom stereocenters. The fraction of sp³-hybridized carbons (Fsp3) is 0.0455. The number of nitrogens with one attached hydrogen (secondary N) is 1. The lowest BCUT2D eigenvalue weighted by molar-refractivity contribution is -0.112. The average molecular weight is 522 g/mol. The second-order valence-electron chi connectivity index (χ2n) is 6.73. The molecule has 0 bridgehead atoms. The van der Waals surface area contributed by atoms with Crippen LogP contribution in [0.4, 0.5) is 14.5 Å². The van der Waals surface area contributed by atoms with Crippen LogP contribution in [0.1, 0.15) is 11.1 Å². The summed E-state index contributed by atoms with van der Waals surface area (Å²) in [7, 11) is -4.02. The smallest absolute Gasteiger partial charge is 0.262 e. The largest absolute Gasteiger partial charge is 0.320 e. The maximum absolute atomic E-state index is 13.9. The van der Waals surface area contributed by atoms with Gasteiger partial charge in [-0.3, -0.25) is 4.79 Å². The number of halogens is 3. The molecule has 4 rings (SSSR count). The summed E-state index contributed by atoms with van der Waals surface area (Å²) < 4.78 is 54.4. The van der Waals surface area contributed by atoms with E-state index in [9.17, 15) is 22.0 Å². The summed E-state index contributed by atoms with van der Waals surface area (Å²) in [5.41, 5.74) is 0.777. The van der Waals surface area contributed by atoms with E-state index in [0.29, 0.717) is 15.5 Å². The molecule has 3 aromatic rings. The first-order valence-corrected chi connectivity index (χ1v) is 12.3. The summed E-state index contributed by atoms with van der Waals surface area (Å²) in [6.45, 7) is 0. The van der Waals surface area contributed by atoms with Gasteiger partial charge in [0, 0.05) is 14.9 Å². The number of carbonyl (C=O) groups is 1. The van der Waals surface area contributed by atoms with Crippen molar-refractivity contribution in [1.29, 1.82) is 0 Å². The van der Waals surface area contributed by atoms with Crippen molar-refractivity contribution in [1.82, 2.24) is 0 Å². The van der Waals surface area contributed by atoms with E-state index in [1.165, 1.54) is 24.3 Å². The number of fused-ring (bicyclic) bond motifs is 1. The summed E-state index contributed by atoms with van der Waals surface area (Å²) in [6.07, 6.45) is 1.70. The van der Waals surface area contributed by atoms with Gasteiger partial charge in [-0.15, -0.1) is 0 Å². The Morgan fingerprint density at radius 3 is 2.35 bits per heavy atom. The minimum absolute atomic E-state index is 0.0828. The van der Waals surface area contributed by atoms with Gasteiger partial charge >= 0.3 is 0 Å². The van der Waals surface area contributed by atoms with Crippen molar-refractivity contribution in [3.8, 4) is 0 Å². The highest BCUT2D eigenvalue weighted by atomic mass is 79.9. The van der Waals surface area contributed by atoms with Crippen LogP contribution in [0.2, 0.25) is 0 Å². The van der Waals surface area contributed by atoms with Crippen molar-refractivity contribution in [2.24, 2.45) is 0 Å². The number of sulfone groups is 1. The first kappa shape index (κ1) is 21.7. The SMILES string of the molecule is O=C1Nc2ccc(S(=O)(=O)Cc3c(F)cccc3F)cc2S/C1=C/c1ccc(Br)cc1. The number of amides is 1. The van der Waals surface area contributed by atoms with E-state index < -0.39 is 32.8 Å². The Morgan fingerprint density at radius 2 is 1.68 bits per heavy atom. The van der Waals surface area contributed by atoms with Gasteiger partial charge in [0.05, 0.1) is 21.2 Å². The summed E-state index contributed by atoms with van der Waals surface area (Å²) in [6, 6.07) is 14.8. The maximum atomic E-state index is 13.9. The predicted molar refractivity (Wildman–Crippen MR) is 120 cm³/mol. The fourth-order valence-electron chi connectivity index (χ4n) is 2.98. The van der Waals surface area contributed by atoms with E-state index in [-0.39, 0.29) is 10.8 Å². The van der Waals surface area contributed by atoms with Gasteiger partial charge in [0.25, 0.3) is 5.91 Å². The summed E-state index contributed by atoms with van der Waals surface area (Å²) in [5.74, 6) is -2.93. The van der Waals surface area contributed by atoms with Crippen LogP contribution in [0, 0.1) is 11.6 Å². The number of carbonyl (C=O) groups excluding carboxylic acids is 1. The minimum atomic E-state index is -4.02. The maximum Gasteiger partial charge on any atom is 0.262 e. The third-order valence-corrected chi connectivity index (χ3v) is 7.82.